The van der Waals surface area contributed by atoms with Gasteiger partial charge in [-0.15, -0.1) is 0 Å². The van der Waals surface area contributed by atoms with Gasteiger partial charge < -0.3 is 18.9 Å². The molecule has 0 radical (unpaired) electrons. The van der Waals surface area contributed by atoms with E-state index in [-0.39, 0.29) is 23.0 Å². The number of methoxy groups -OCH3 is 1. The molecule has 42 heavy (non-hydrogen) atoms. The van der Waals surface area contributed by atoms with Gasteiger partial charge in [-0.05, 0) is 84.5 Å². The number of benzene rings is 4. The van der Waals surface area contributed by atoms with E-state index >= 15 is 0 Å². The minimum absolute atomic E-state index is 0.0393. The van der Waals surface area contributed by atoms with Gasteiger partial charge in [0.05, 0.1) is 12.8 Å². The molecule has 1 N–H and O–H groups in total. The molecule has 4 aromatic carbocycles. The molecule has 1 fully saturated rings. The van der Waals surface area contributed by atoms with E-state index in [1.54, 1.807) is 66.7 Å². The minimum Gasteiger partial charge on any atom is -0.493 e. The first-order chi connectivity index (χ1) is 20.4. The fourth-order valence-corrected chi connectivity index (χ4v) is 4.31. The maximum absolute atomic E-state index is 13.4. The first-order valence-electron chi connectivity index (χ1n) is 12.7. The van der Waals surface area contributed by atoms with Crippen LogP contribution >= 0.6 is 12.2 Å². The summed E-state index contributed by atoms with van der Waals surface area (Å²) < 4.78 is 22.0. The second-order valence-electron chi connectivity index (χ2n) is 8.85. The maximum Gasteiger partial charge on any atom is 0.349 e. The van der Waals surface area contributed by atoms with Crippen LogP contribution in [0.2, 0.25) is 0 Å². The quantitative estimate of drug-likeness (QED) is 0.0935. The molecule has 0 saturated carbocycles. The van der Waals surface area contributed by atoms with Crippen molar-refractivity contribution in [3.8, 4) is 28.7 Å². The third kappa shape index (κ3) is 6.62. The molecule has 0 spiro atoms. The zero-order valence-electron chi connectivity index (χ0n) is 22.3. The Morgan fingerprint density at radius 3 is 2.14 bits per heavy atom. The monoisotopic (exact) mass is 580 g/mol. The number of anilines is 1. The van der Waals surface area contributed by atoms with Crippen LogP contribution in [0.15, 0.2) is 109 Å². The van der Waals surface area contributed by atoms with Gasteiger partial charge in [0.25, 0.3) is 11.8 Å². The van der Waals surface area contributed by atoms with E-state index in [9.17, 15) is 14.4 Å². The van der Waals surface area contributed by atoms with Gasteiger partial charge in [-0.25, -0.2) is 4.79 Å². The topological polar surface area (TPSA) is 103 Å². The van der Waals surface area contributed by atoms with Crippen molar-refractivity contribution in [2.24, 2.45) is 0 Å². The molecule has 1 aliphatic heterocycles. The van der Waals surface area contributed by atoms with E-state index in [1.807, 2.05) is 36.4 Å². The normalized spacial score (nSPS) is 13.9. The molecule has 5 rings (SSSR count). The summed E-state index contributed by atoms with van der Waals surface area (Å²) >= 11 is 5.31. The van der Waals surface area contributed by atoms with Crippen LogP contribution in [0.5, 0.6) is 28.7 Å². The number of carbonyl (C=O) groups excluding carboxylic acids is 3. The Morgan fingerprint density at radius 2 is 1.48 bits per heavy atom. The van der Waals surface area contributed by atoms with Crippen LogP contribution in [0.1, 0.15) is 5.56 Å². The van der Waals surface area contributed by atoms with E-state index in [0.29, 0.717) is 34.2 Å². The van der Waals surface area contributed by atoms with Crippen LogP contribution in [0.4, 0.5) is 5.69 Å². The second-order valence-corrected chi connectivity index (χ2v) is 9.24. The molecule has 0 atom stereocenters. The molecule has 1 heterocycles. The van der Waals surface area contributed by atoms with Crippen molar-refractivity contribution < 1.29 is 33.3 Å². The van der Waals surface area contributed by atoms with Gasteiger partial charge in [0.1, 0.15) is 22.8 Å². The molecule has 0 aromatic heterocycles. The zero-order valence-corrected chi connectivity index (χ0v) is 23.1. The van der Waals surface area contributed by atoms with Crippen molar-refractivity contribution in [1.29, 1.82) is 0 Å². The Bertz CT molecular complexity index is 1660. The molecule has 1 saturated heterocycles. The molecule has 4 aromatic rings. The van der Waals surface area contributed by atoms with Crippen molar-refractivity contribution >= 4 is 46.9 Å². The first kappa shape index (κ1) is 28.1. The standard InChI is InChI=1S/C32H24N2O7S/c1-38-28-19-21(12-17-27(28)39-20-29(35)41-24-10-6-3-7-11-24)18-26-30(36)33-32(42)34(31(26)37)22-13-15-25(16-14-22)40-23-8-4-2-5-9-23/h2-19H,20H2,1H3,(H,33,36,42). The Balaban J connectivity index is 1.30. The third-order valence-corrected chi connectivity index (χ3v) is 6.28. The highest BCUT2D eigenvalue weighted by Crippen LogP contribution is 2.31. The number of carbonyl (C=O) groups is 3. The average molecular weight is 581 g/mol. The van der Waals surface area contributed by atoms with Gasteiger partial charge in [0.15, 0.2) is 23.2 Å². The Morgan fingerprint density at radius 1 is 0.833 bits per heavy atom. The summed E-state index contributed by atoms with van der Waals surface area (Å²) in [5.41, 5.74) is 0.819. The van der Waals surface area contributed by atoms with Crippen LogP contribution in [0.25, 0.3) is 6.08 Å². The van der Waals surface area contributed by atoms with Crippen LogP contribution in [-0.4, -0.2) is 36.6 Å². The maximum atomic E-state index is 13.4. The number of hydrogen-bond donors (Lipinski definition) is 1. The van der Waals surface area contributed by atoms with Crippen LogP contribution in [0.3, 0.4) is 0 Å². The summed E-state index contributed by atoms with van der Waals surface area (Å²) in [6.07, 6.45) is 1.43. The number of nitrogens with zero attached hydrogens (tertiary/aromatic N) is 1. The minimum atomic E-state index is -0.631. The molecule has 1 aliphatic rings. The van der Waals surface area contributed by atoms with Gasteiger partial charge >= 0.3 is 5.97 Å². The number of rotatable bonds is 9. The SMILES string of the molecule is COc1cc(C=C2C(=O)NC(=S)N(c3ccc(Oc4ccccc4)cc3)C2=O)ccc1OCC(=O)Oc1ccccc1. The van der Waals surface area contributed by atoms with Crippen LogP contribution in [-0.2, 0) is 14.4 Å². The number of amides is 2. The smallest absolute Gasteiger partial charge is 0.349 e. The highest BCUT2D eigenvalue weighted by molar-refractivity contribution is 7.80. The molecule has 0 unspecified atom stereocenters. The zero-order chi connectivity index (χ0) is 29.5. The fourth-order valence-electron chi connectivity index (χ4n) is 4.03. The van der Waals surface area contributed by atoms with E-state index in [0.717, 1.165) is 0 Å². The van der Waals surface area contributed by atoms with Gasteiger partial charge in [0, 0.05) is 0 Å². The predicted octanol–water partition coefficient (Wildman–Crippen LogP) is 5.30. The van der Waals surface area contributed by atoms with Crippen molar-refractivity contribution in [2.45, 2.75) is 0 Å². The number of hydrogen-bond acceptors (Lipinski definition) is 8. The number of thiocarbonyl (C=S) groups is 1. The highest BCUT2D eigenvalue weighted by Gasteiger charge is 2.34. The molecule has 9 nitrogen and oxygen atoms in total. The summed E-state index contributed by atoms with van der Waals surface area (Å²) in [5.74, 6) is 0.410. The lowest BCUT2D eigenvalue weighted by Crippen LogP contribution is -2.54. The van der Waals surface area contributed by atoms with E-state index in [2.05, 4.69) is 5.32 Å². The summed E-state index contributed by atoms with van der Waals surface area (Å²) in [6, 6.07) is 29.5. The lowest BCUT2D eigenvalue weighted by molar-refractivity contribution is -0.136. The molecule has 2 amide bonds. The molecular weight excluding hydrogens is 556 g/mol. The number of esters is 1. The Kier molecular flexibility index (Phi) is 8.55. The lowest BCUT2D eigenvalue weighted by atomic mass is 10.1. The van der Waals surface area contributed by atoms with Crippen molar-refractivity contribution in [3.63, 3.8) is 0 Å². The number of nitrogens with one attached hydrogen (secondary N) is 1. The van der Waals surface area contributed by atoms with Gasteiger partial charge in [-0.3, -0.25) is 19.8 Å². The van der Waals surface area contributed by atoms with Gasteiger partial charge in [-0.1, -0.05) is 42.5 Å². The summed E-state index contributed by atoms with van der Waals surface area (Å²) in [5, 5.41) is 2.53. The Hall–Kier alpha value is -5.48. The van der Waals surface area contributed by atoms with E-state index in [1.165, 1.54) is 18.1 Å². The van der Waals surface area contributed by atoms with E-state index in [4.69, 9.17) is 31.2 Å². The second kappa shape index (κ2) is 12.8. The average Bonchev–Trinajstić information content (AvgIpc) is 3.00. The van der Waals surface area contributed by atoms with Gasteiger partial charge in [-0.2, -0.15) is 0 Å². The Labute approximate surface area is 246 Å². The number of para-hydroxylation sites is 2. The van der Waals surface area contributed by atoms with Gasteiger partial charge in [0.2, 0.25) is 0 Å². The highest BCUT2D eigenvalue weighted by atomic mass is 32.1. The fraction of sp³-hybridized carbons (Fsp3) is 0.0625. The molecule has 0 aliphatic carbocycles. The van der Waals surface area contributed by atoms with Crippen molar-refractivity contribution in [1.82, 2.24) is 5.32 Å². The molecular formula is C32H24N2O7S. The summed E-state index contributed by atoms with van der Waals surface area (Å²) in [4.78, 5) is 39.6. The van der Waals surface area contributed by atoms with Crippen molar-refractivity contribution in [3.05, 3.63) is 114 Å². The first-order valence-corrected chi connectivity index (χ1v) is 13.1. The predicted molar refractivity (Wildman–Crippen MR) is 160 cm³/mol. The largest absolute Gasteiger partial charge is 0.493 e. The lowest BCUT2D eigenvalue weighted by Gasteiger charge is -2.29. The van der Waals surface area contributed by atoms with E-state index < -0.39 is 17.8 Å². The van der Waals surface area contributed by atoms with Crippen LogP contribution < -0.4 is 29.2 Å². The molecule has 10 heteroatoms. The summed E-state index contributed by atoms with van der Waals surface area (Å²) in [7, 11) is 1.44. The van der Waals surface area contributed by atoms with Crippen LogP contribution in [0, 0.1) is 0 Å². The third-order valence-electron chi connectivity index (χ3n) is 5.99. The summed E-state index contributed by atoms with van der Waals surface area (Å²) in [6.45, 7) is -0.353. The molecule has 210 valence electrons. The molecule has 0 bridgehead atoms. The number of ether oxygens (including phenoxy) is 4. The van der Waals surface area contributed by atoms with Crippen molar-refractivity contribution in [2.75, 3.05) is 18.6 Å².